The maximum atomic E-state index is 12.4. The molecule has 3 rings (SSSR count). The van der Waals surface area contributed by atoms with Gasteiger partial charge in [0.05, 0.1) is 10.8 Å². The molecule has 5 nitrogen and oxygen atoms in total. The minimum absolute atomic E-state index is 0.288. The molecule has 1 fully saturated rings. The fourth-order valence-electron chi connectivity index (χ4n) is 3.17. The molecule has 9 heteroatoms. The quantitative estimate of drug-likeness (QED) is 0.806. The molecule has 1 heterocycles. The van der Waals surface area contributed by atoms with E-state index >= 15 is 0 Å². The van der Waals surface area contributed by atoms with Crippen LogP contribution in [0, 0.1) is 5.92 Å². The summed E-state index contributed by atoms with van der Waals surface area (Å²) in [7, 11) is 0. The number of hydrogen-bond donors (Lipinski definition) is 2. The van der Waals surface area contributed by atoms with Gasteiger partial charge in [-0.3, -0.25) is 9.59 Å². The summed E-state index contributed by atoms with van der Waals surface area (Å²) in [5.41, 5.74) is 5.87. The van der Waals surface area contributed by atoms with Crippen molar-refractivity contribution < 1.29 is 27.5 Å². The lowest BCUT2D eigenvalue weighted by Gasteiger charge is -2.17. The van der Waals surface area contributed by atoms with Crippen molar-refractivity contribution in [1.29, 1.82) is 0 Å². The fraction of sp³-hybridized carbons (Fsp3) is 0.333. The van der Waals surface area contributed by atoms with E-state index in [-0.39, 0.29) is 23.6 Å². The van der Waals surface area contributed by atoms with Gasteiger partial charge >= 0.3 is 6.36 Å². The van der Waals surface area contributed by atoms with Crippen LogP contribution in [0.1, 0.15) is 28.9 Å². The molecule has 0 bridgehead atoms. The van der Waals surface area contributed by atoms with Crippen molar-refractivity contribution in [2.75, 3.05) is 0 Å². The van der Waals surface area contributed by atoms with Gasteiger partial charge in [0.1, 0.15) is 5.75 Å². The van der Waals surface area contributed by atoms with E-state index in [0.717, 1.165) is 17.8 Å². The largest absolute Gasteiger partial charge is 0.573 e. The highest BCUT2D eigenvalue weighted by Crippen LogP contribution is 2.33. The average molecular weight is 398 g/mol. The number of benzene rings is 1. The monoisotopic (exact) mass is 398 g/mol. The molecule has 3 N–H and O–H groups in total. The van der Waals surface area contributed by atoms with Gasteiger partial charge < -0.3 is 15.8 Å². The first kappa shape index (κ1) is 19.2. The third kappa shape index (κ3) is 4.79. The van der Waals surface area contributed by atoms with Crippen molar-refractivity contribution in [1.82, 2.24) is 5.32 Å². The molecule has 2 atom stereocenters. The van der Waals surface area contributed by atoms with Crippen LogP contribution < -0.4 is 15.8 Å². The molecule has 144 valence electrons. The van der Waals surface area contributed by atoms with Gasteiger partial charge in [-0.05, 0) is 42.7 Å². The van der Waals surface area contributed by atoms with Crippen LogP contribution >= 0.6 is 11.3 Å². The van der Waals surface area contributed by atoms with Gasteiger partial charge in [-0.15, -0.1) is 24.5 Å². The van der Waals surface area contributed by atoms with Crippen molar-refractivity contribution in [3.8, 4) is 16.2 Å². The average Bonchev–Trinajstić information content (AvgIpc) is 3.22. The van der Waals surface area contributed by atoms with Gasteiger partial charge in [-0.1, -0.05) is 18.6 Å². The first-order chi connectivity index (χ1) is 12.7. The smallest absolute Gasteiger partial charge is 0.406 e. The molecule has 0 saturated heterocycles. The van der Waals surface area contributed by atoms with Crippen LogP contribution in [0.25, 0.3) is 10.4 Å². The minimum atomic E-state index is -4.77. The fourth-order valence-corrected chi connectivity index (χ4v) is 4.08. The zero-order valence-corrected chi connectivity index (χ0v) is 14.9. The van der Waals surface area contributed by atoms with Crippen LogP contribution in [0.4, 0.5) is 13.2 Å². The van der Waals surface area contributed by atoms with Crippen molar-refractivity contribution in [3.05, 3.63) is 41.3 Å². The van der Waals surface area contributed by atoms with Crippen molar-refractivity contribution >= 4 is 23.2 Å². The van der Waals surface area contributed by atoms with Gasteiger partial charge in [0, 0.05) is 10.9 Å². The lowest BCUT2D eigenvalue weighted by molar-refractivity contribution is -0.274. The zero-order chi connectivity index (χ0) is 19.6. The highest BCUT2D eigenvalue weighted by molar-refractivity contribution is 7.17. The van der Waals surface area contributed by atoms with Gasteiger partial charge in [-0.25, -0.2) is 0 Å². The summed E-state index contributed by atoms with van der Waals surface area (Å²) >= 11 is 1.15. The minimum Gasteiger partial charge on any atom is -0.406 e. The summed E-state index contributed by atoms with van der Waals surface area (Å²) in [6.45, 7) is 0. The second-order valence-electron chi connectivity index (χ2n) is 6.26. The van der Waals surface area contributed by atoms with E-state index in [1.54, 1.807) is 18.2 Å². The lowest BCUT2D eigenvalue weighted by atomic mass is 10.0. The zero-order valence-electron chi connectivity index (χ0n) is 14.1. The van der Waals surface area contributed by atoms with Crippen LogP contribution in [0.15, 0.2) is 36.4 Å². The maximum absolute atomic E-state index is 12.4. The standard InChI is InChI=1S/C18H17F3N2O3S/c19-18(20,21)26-11-4-1-3-10(9-11)14-7-8-15(27-14)17(25)23-13-6-2-5-12(13)16(22)24/h1,3-4,7-9,12-13H,2,5-6H2,(H2,22,24)(H,23,25)/t12-,13+/m1/s1. The van der Waals surface area contributed by atoms with Crippen molar-refractivity contribution in [2.45, 2.75) is 31.7 Å². The number of amides is 2. The molecule has 2 amide bonds. The summed E-state index contributed by atoms with van der Waals surface area (Å²) in [5, 5.41) is 2.83. The van der Waals surface area contributed by atoms with Crippen LogP contribution in [-0.4, -0.2) is 24.2 Å². The normalized spacial score (nSPS) is 19.7. The van der Waals surface area contributed by atoms with Gasteiger partial charge in [0.15, 0.2) is 0 Å². The SMILES string of the molecule is NC(=O)[C@@H]1CCC[C@@H]1NC(=O)c1ccc(-c2cccc(OC(F)(F)F)c2)s1. The van der Waals surface area contributed by atoms with E-state index in [9.17, 15) is 22.8 Å². The maximum Gasteiger partial charge on any atom is 0.573 e. The first-order valence-electron chi connectivity index (χ1n) is 8.29. The number of alkyl halides is 3. The number of carbonyl (C=O) groups excluding carboxylic acids is 2. The van der Waals surface area contributed by atoms with Crippen molar-refractivity contribution in [3.63, 3.8) is 0 Å². The highest BCUT2D eigenvalue weighted by atomic mass is 32.1. The van der Waals surface area contributed by atoms with E-state index in [1.165, 1.54) is 18.2 Å². The second kappa shape index (κ2) is 7.59. The Morgan fingerprint density at radius 2 is 1.96 bits per heavy atom. The Morgan fingerprint density at radius 3 is 2.67 bits per heavy atom. The van der Waals surface area contributed by atoms with Gasteiger partial charge in [0.25, 0.3) is 5.91 Å². The first-order valence-corrected chi connectivity index (χ1v) is 9.11. The molecule has 1 aromatic carbocycles. The van der Waals surface area contributed by atoms with E-state index in [2.05, 4.69) is 10.1 Å². The van der Waals surface area contributed by atoms with Crippen LogP contribution in [0.5, 0.6) is 5.75 Å². The number of nitrogens with two attached hydrogens (primary N) is 1. The number of ether oxygens (including phenoxy) is 1. The predicted octanol–water partition coefficient (Wildman–Crippen LogP) is 3.70. The Labute approximate surface area is 157 Å². The highest BCUT2D eigenvalue weighted by Gasteiger charge is 2.33. The summed E-state index contributed by atoms with van der Waals surface area (Å²) in [6, 6.07) is 8.53. The summed E-state index contributed by atoms with van der Waals surface area (Å²) < 4.78 is 41.0. The number of rotatable bonds is 5. The number of primary amides is 1. The molecule has 1 aliphatic rings. The van der Waals surface area contributed by atoms with Gasteiger partial charge in [0.2, 0.25) is 5.91 Å². The Hall–Kier alpha value is -2.55. The van der Waals surface area contributed by atoms with E-state index in [0.29, 0.717) is 28.2 Å². The molecule has 27 heavy (non-hydrogen) atoms. The van der Waals surface area contributed by atoms with E-state index in [4.69, 9.17) is 5.73 Å². The summed E-state index contributed by atoms with van der Waals surface area (Å²) in [4.78, 5) is 24.9. The Bertz CT molecular complexity index is 850. The van der Waals surface area contributed by atoms with Crippen LogP contribution in [0.3, 0.4) is 0 Å². The summed E-state index contributed by atoms with van der Waals surface area (Å²) in [6.07, 6.45) is -2.60. The topological polar surface area (TPSA) is 81.4 Å². The molecule has 1 aliphatic carbocycles. The number of nitrogens with one attached hydrogen (secondary N) is 1. The Kier molecular flexibility index (Phi) is 5.41. The molecule has 2 aromatic rings. The Balaban J connectivity index is 1.72. The molecular formula is C18H17F3N2O3S. The van der Waals surface area contributed by atoms with Crippen molar-refractivity contribution in [2.24, 2.45) is 11.7 Å². The molecule has 0 radical (unpaired) electrons. The second-order valence-corrected chi connectivity index (χ2v) is 7.34. The number of hydrogen-bond acceptors (Lipinski definition) is 4. The molecule has 0 aliphatic heterocycles. The van der Waals surface area contributed by atoms with Crippen LogP contribution in [-0.2, 0) is 4.79 Å². The lowest BCUT2D eigenvalue weighted by Crippen LogP contribution is -2.42. The predicted molar refractivity (Wildman–Crippen MR) is 94.2 cm³/mol. The van der Waals surface area contributed by atoms with Crippen LogP contribution in [0.2, 0.25) is 0 Å². The Morgan fingerprint density at radius 1 is 1.19 bits per heavy atom. The third-order valence-corrected chi connectivity index (χ3v) is 5.51. The summed E-state index contributed by atoms with van der Waals surface area (Å²) in [5.74, 6) is -1.45. The molecule has 0 unspecified atom stereocenters. The molecule has 1 aromatic heterocycles. The van der Waals surface area contributed by atoms with E-state index < -0.39 is 12.3 Å². The number of carbonyl (C=O) groups is 2. The molecule has 0 spiro atoms. The van der Waals surface area contributed by atoms with Gasteiger partial charge in [-0.2, -0.15) is 0 Å². The molecule has 1 saturated carbocycles. The van der Waals surface area contributed by atoms with E-state index in [1.807, 2.05) is 0 Å². The molecular weight excluding hydrogens is 381 g/mol. The number of thiophene rings is 1. The number of halogens is 3. The third-order valence-electron chi connectivity index (χ3n) is 4.38.